The van der Waals surface area contributed by atoms with Crippen molar-refractivity contribution >= 4 is 5.91 Å². The second-order valence-electron chi connectivity index (χ2n) is 6.91. The van der Waals surface area contributed by atoms with Crippen LogP contribution in [-0.4, -0.2) is 50.2 Å². The maximum absolute atomic E-state index is 13.1. The lowest BCUT2D eigenvalue weighted by Gasteiger charge is -2.32. The zero-order chi connectivity index (χ0) is 20.1. The highest BCUT2D eigenvalue weighted by molar-refractivity contribution is 5.98. The second-order valence-corrected chi connectivity index (χ2v) is 6.91. The van der Waals surface area contributed by atoms with E-state index in [0.717, 1.165) is 24.8 Å². The van der Waals surface area contributed by atoms with E-state index in [-0.39, 0.29) is 11.5 Å². The summed E-state index contributed by atoms with van der Waals surface area (Å²) in [5.74, 6) is 1.91. The van der Waals surface area contributed by atoms with Crippen LogP contribution in [-0.2, 0) is 6.42 Å². The highest BCUT2D eigenvalue weighted by Gasteiger charge is 2.27. The van der Waals surface area contributed by atoms with Gasteiger partial charge >= 0.3 is 0 Å². The number of aromatic amines is 1. The zero-order valence-corrected chi connectivity index (χ0v) is 16.5. The number of methoxy groups -OCH3 is 3. The van der Waals surface area contributed by atoms with Gasteiger partial charge in [-0.05, 0) is 30.7 Å². The minimum Gasteiger partial charge on any atom is -0.496 e. The summed E-state index contributed by atoms with van der Waals surface area (Å²) in [5.41, 5.74) is 1.50. The van der Waals surface area contributed by atoms with Crippen molar-refractivity contribution in [2.24, 2.45) is 5.92 Å². The van der Waals surface area contributed by atoms with Crippen molar-refractivity contribution in [1.82, 2.24) is 9.88 Å². The average Bonchev–Trinajstić information content (AvgIpc) is 2.74. The van der Waals surface area contributed by atoms with Crippen LogP contribution < -0.4 is 19.8 Å². The van der Waals surface area contributed by atoms with E-state index in [0.29, 0.717) is 41.8 Å². The number of benzene rings is 1. The maximum Gasteiger partial charge on any atom is 0.257 e. The fourth-order valence-corrected chi connectivity index (χ4v) is 3.61. The highest BCUT2D eigenvalue weighted by Crippen LogP contribution is 2.35. The van der Waals surface area contributed by atoms with Crippen LogP contribution in [0.5, 0.6) is 17.2 Å². The molecule has 1 N–H and O–H groups in total. The molecule has 1 aliphatic rings. The van der Waals surface area contributed by atoms with Gasteiger partial charge in [0.05, 0.1) is 26.9 Å². The van der Waals surface area contributed by atoms with Crippen LogP contribution >= 0.6 is 0 Å². The van der Waals surface area contributed by atoms with Crippen molar-refractivity contribution in [3.8, 4) is 17.2 Å². The first-order chi connectivity index (χ1) is 13.5. The molecule has 0 bridgehead atoms. The van der Waals surface area contributed by atoms with Gasteiger partial charge in [0, 0.05) is 37.5 Å². The van der Waals surface area contributed by atoms with E-state index in [1.54, 1.807) is 38.6 Å². The van der Waals surface area contributed by atoms with Gasteiger partial charge in [0.2, 0.25) is 5.56 Å². The molecular weight excluding hydrogens is 360 g/mol. The Balaban J connectivity index is 1.68. The van der Waals surface area contributed by atoms with Crippen LogP contribution in [0.4, 0.5) is 0 Å². The Morgan fingerprint density at radius 3 is 2.25 bits per heavy atom. The van der Waals surface area contributed by atoms with Crippen molar-refractivity contribution in [3.05, 3.63) is 51.9 Å². The van der Waals surface area contributed by atoms with Crippen LogP contribution in [0.2, 0.25) is 0 Å². The first-order valence-electron chi connectivity index (χ1n) is 9.32. The molecule has 1 saturated heterocycles. The molecule has 7 heteroatoms. The van der Waals surface area contributed by atoms with Crippen LogP contribution in [0.15, 0.2) is 35.3 Å². The summed E-state index contributed by atoms with van der Waals surface area (Å²) in [5, 5.41) is 0. The number of carbonyl (C=O) groups excluding carboxylic acids is 1. The van der Waals surface area contributed by atoms with Crippen molar-refractivity contribution < 1.29 is 19.0 Å². The van der Waals surface area contributed by atoms with Crippen LogP contribution in [0.25, 0.3) is 0 Å². The molecule has 0 saturated carbocycles. The van der Waals surface area contributed by atoms with Gasteiger partial charge in [-0.3, -0.25) is 9.59 Å². The number of ether oxygens (including phenoxy) is 3. The van der Waals surface area contributed by atoms with E-state index >= 15 is 0 Å². The summed E-state index contributed by atoms with van der Waals surface area (Å²) < 4.78 is 16.0. The third-order valence-electron chi connectivity index (χ3n) is 5.21. The number of carbonyl (C=O) groups is 1. The molecule has 1 amide bonds. The van der Waals surface area contributed by atoms with Gasteiger partial charge in [-0.1, -0.05) is 6.07 Å². The molecule has 2 heterocycles. The predicted molar refractivity (Wildman–Crippen MR) is 105 cm³/mol. The molecule has 0 atom stereocenters. The first-order valence-corrected chi connectivity index (χ1v) is 9.32. The zero-order valence-electron chi connectivity index (χ0n) is 16.5. The van der Waals surface area contributed by atoms with E-state index in [9.17, 15) is 9.59 Å². The Morgan fingerprint density at radius 1 is 1.04 bits per heavy atom. The maximum atomic E-state index is 13.1. The van der Waals surface area contributed by atoms with Gasteiger partial charge in [0.1, 0.15) is 5.75 Å². The van der Waals surface area contributed by atoms with Gasteiger partial charge in [-0.2, -0.15) is 0 Å². The third kappa shape index (κ3) is 4.30. The van der Waals surface area contributed by atoms with E-state index < -0.39 is 0 Å². The van der Waals surface area contributed by atoms with Crippen molar-refractivity contribution in [1.29, 1.82) is 0 Å². The summed E-state index contributed by atoms with van der Waals surface area (Å²) >= 11 is 0. The summed E-state index contributed by atoms with van der Waals surface area (Å²) in [6.07, 6.45) is 4.51. The fraction of sp³-hybridized carbons (Fsp3) is 0.429. The number of nitrogens with one attached hydrogen (secondary N) is 1. The molecule has 7 nitrogen and oxygen atoms in total. The Labute approximate surface area is 164 Å². The Bertz CT molecular complexity index is 864. The lowest BCUT2D eigenvalue weighted by Crippen LogP contribution is -2.39. The number of hydrogen-bond acceptors (Lipinski definition) is 5. The van der Waals surface area contributed by atoms with Crippen LogP contribution in [0.3, 0.4) is 0 Å². The number of H-pyrrole nitrogens is 1. The van der Waals surface area contributed by atoms with Crippen molar-refractivity contribution in [2.75, 3.05) is 34.4 Å². The molecule has 150 valence electrons. The van der Waals surface area contributed by atoms with Crippen LogP contribution in [0, 0.1) is 5.92 Å². The van der Waals surface area contributed by atoms with Gasteiger partial charge in [0.25, 0.3) is 5.91 Å². The van der Waals surface area contributed by atoms with E-state index in [2.05, 4.69) is 4.98 Å². The number of hydrogen-bond donors (Lipinski definition) is 1. The molecule has 0 aliphatic carbocycles. The third-order valence-corrected chi connectivity index (χ3v) is 5.21. The quantitative estimate of drug-likeness (QED) is 0.825. The molecule has 1 aliphatic heterocycles. The number of aromatic nitrogens is 1. The van der Waals surface area contributed by atoms with E-state index in [1.165, 1.54) is 7.11 Å². The van der Waals surface area contributed by atoms with Crippen molar-refractivity contribution in [2.45, 2.75) is 19.3 Å². The summed E-state index contributed by atoms with van der Waals surface area (Å²) in [7, 11) is 4.63. The topological polar surface area (TPSA) is 80.9 Å². The number of piperidine rings is 1. The molecule has 0 radical (unpaired) electrons. The fourth-order valence-electron chi connectivity index (χ4n) is 3.61. The molecule has 1 aromatic carbocycles. The van der Waals surface area contributed by atoms with Crippen molar-refractivity contribution in [3.63, 3.8) is 0 Å². The van der Waals surface area contributed by atoms with Gasteiger partial charge < -0.3 is 24.1 Å². The monoisotopic (exact) mass is 386 g/mol. The standard InChI is InChI=1S/C21H26N2O5/c1-26-17-12-19(28-3)18(27-2)11-16(17)21(25)23-8-6-14(7-9-23)10-15-4-5-20(24)22-13-15/h4-5,11-14H,6-10H2,1-3H3,(H,22,24). The lowest BCUT2D eigenvalue weighted by atomic mass is 9.90. The normalized spacial score (nSPS) is 14.6. The SMILES string of the molecule is COc1cc(OC)c(C(=O)N2CCC(Cc3ccc(=O)[nH]c3)CC2)cc1OC. The van der Waals surface area contributed by atoms with Gasteiger partial charge in [0.15, 0.2) is 11.5 Å². The molecule has 28 heavy (non-hydrogen) atoms. The van der Waals surface area contributed by atoms with Gasteiger partial charge in [-0.25, -0.2) is 0 Å². The molecule has 2 aromatic rings. The molecule has 3 rings (SSSR count). The number of nitrogens with zero attached hydrogens (tertiary/aromatic N) is 1. The minimum absolute atomic E-state index is 0.0692. The summed E-state index contributed by atoms with van der Waals surface area (Å²) in [6, 6.07) is 6.77. The number of rotatable bonds is 6. The smallest absolute Gasteiger partial charge is 0.257 e. The molecular formula is C21H26N2O5. The average molecular weight is 386 g/mol. The Kier molecular flexibility index (Phi) is 6.23. The summed E-state index contributed by atoms with van der Waals surface area (Å²) in [4.78, 5) is 28.8. The number of pyridine rings is 1. The Hall–Kier alpha value is -2.96. The lowest BCUT2D eigenvalue weighted by molar-refractivity contribution is 0.0686. The molecule has 1 aromatic heterocycles. The Morgan fingerprint density at radius 2 is 1.68 bits per heavy atom. The first kappa shape index (κ1) is 19.8. The number of amides is 1. The van der Waals surface area contributed by atoms with Gasteiger partial charge in [-0.15, -0.1) is 0 Å². The minimum atomic E-state index is -0.0898. The van der Waals surface area contributed by atoms with E-state index in [4.69, 9.17) is 14.2 Å². The second kappa shape index (κ2) is 8.82. The molecule has 1 fully saturated rings. The summed E-state index contributed by atoms with van der Waals surface area (Å²) in [6.45, 7) is 1.37. The van der Waals surface area contributed by atoms with E-state index in [1.807, 2.05) is 11.0 Å². The highest BCUT2D eigenvalue weighted by atomic mass is 16.5. The van der Waals surface area contributed by atoms with Crippen LogP contribution in [0.1, 0.15) is 28.8 Å². The molecule has 0 unspecified atom stereocenters. The number of likely N-dealkylation sites (tertiary alicyclic amines) is 1. The predicted octanol–water partition coefficient (Wildman–Crippen LogP) is 2.50. The molecule has 0 spiro atoms. The largest absolute Gasteiger partial charge is 0.496 e.